The molecule has 0 radical (unpaired) electrons. The van der Waals surface area contributed by atoms with Crippen LogP contribution in [0.3, 0.4) is 0 Å². The Kier molecular flexibility index (Phi) is 3.71. The summed E-state index contributed by atoms with van der Waals surface area (Å²) >= 11 is 8.52. The third-order valence-corrected chi connectivity index (χ3v) is 4.38. The molecule has 2 heterocycles. The maximum absolute atomic E-state index is 11.7. The Bertz CT molecular complexity index is 528. The first-order valence-corrected chi connectivity index (χ1v) is 6.84. The molecule has 0 spiro atoms. The summed E-state index contributed by atoms with van der Waals surface area (Å²) in [5.41, 5.74) is 6.30. The van der Waals surface area contributed by atoms with Crippen LogP contribution in [0.4, 0.5) is 5.69 Å². The maximum Gasteiger partial charge on any atom is 0.348 e. The fraction of sp³-hybridized carbons (Fsp3) is 0.182. The van der Waals surface area contributed by atoms with Gasteiger partial charge in [0.1, 0.15) is 11.5 Å². The minimum absolute atomic E-state index is 0.243. The number of esters is 1. The van der Waals surface area contributed by atoms with Gasteiger partial charge in [-0.2, -0.15) is 0 Å². The fourth-order valence-corrected chi connectivity index (χ4v) is 3.07. The molecule has 0 saturated heterocycles. The van der Waals surface area contributed by atoms with Crippen molar-refractivity contribution < 1.29 is 9.53 Å². The van der Waals surface area contributed by atoms with Gasteiger partial charge in [-0.15, -0.1) is 22.7 Å². The summed E-state index contributed by atoms with van der Waals surface area (Å²) in [7, 11) is 0. The van der Waals surface area contributed by atoms with Crippen molar-refractivity contribution >= 4 is 45.9 Å². The van der Waals surface area contributed by atoms with Gasteiger partial charge in [0.2, 0.25) is 0 Å². The second kappa shape index (κ2) is 5.08. The van der Waals surface area contributed by atoms with Crippen molar-refractivity contribution in [3.05, 3.63) is 37.2 Å². The zero-order chi connectivity index (χ0) is 12.4. The summed E-state index contributed by atoms with van der Waals surface area (Å²) in [6.45, 7) is 2.11. The number of carbonyl (C=O) groups excluding carboxylic acids is 1. The zero-order valence-electron chi connectivity index (χ0n) is 9.03. The lowest BCUT2D eigenvalue weighted by molar-refractivity contribution is 0.0482. The van der Waals surface area contributed by atoms with Crippen molar-refractivity contribution in [2.45, 2.75) is 13.5 Å². The molecule has 0 atom stereocenters. The summed E-state index contributed by atoms with van der Waals surface area (Å²) in [5, 5.41) is 0. The number of rotatable bonds is 3. The second-order valence-electron chi connectivity index (χ2n) is 3.40. The molecule has 0 aliphatic rings. The number of halogens is 1. The zero-order valence-corrected chi connectivity index (χ0v) is 11.4. The minimum Gasteiger partial charge on any atom is -0.456 e. The third kappa shape index (κ3) is 3.00. The van der Waals surface area contributed by atoms with E-state index in [4.69, 9.17) is 22.1 Å². The highest BCUT2D eigenvalue weighted by molar-refractivity contribution is 7.16. The smallest absolute Gasteiger partial charge is 0.348 e. The Hall–Kier alpha value is -1.04. The van der Waals surface area contributed by atoms with Crippen LogP contribution in [0.1, 0.15) is 19.4 Å². The highest BCUT2D eigenvalue weighted by atomic mass is 35.5. The third-order valence-electron chi connectivity index (χ3n) is 2.13. The van der Waals surface area contributed by atoms with Crippen LogP contribution in [0.15, 0.2) is 18.2 Å². The quantitative estimate of drug-likeness (QED) is 0.876. The molecule has 0 fully saturated rings. The van der Waals surface area contributed by atoms with E-state index in [9.17, 15) is 4.79 Å². The molecule has 0 bridgehead atoms. The number of thiophene rings is 2. The van der Waals surface area contributed by atoms with E-state index in [-0.39, 0.29) is 12.6 Å². The van der Waals surface area contributed by atoms with Gasteiger partial charge >= 0.3 is 5.97 Å². The molecule has 0 aromatic carbocycles. The van der Waals surface area contributed by atoms with Gasteiger partial charge in [0.05, 0.1) is 4.34 Å². The molecule has 3 nitrogen and oxygen atoms in total. The van der Waals surface area contributed by atoms with Gasteiger partial charge < -0.3 is 10.5 Å². The predicted molar refractivity (Wildman–Crippen MR) is 71.9 cm³/mol. The molecular weight excluding hydrogens is 278 g/mol. The molecule has 0 saturated carbocycles. The number of nitrogens with two attached hydrogens (primary N) is 1. The van der Waals surface area contributed by atoms with Gasteiger partial charge in [0.25, 0.3) is 0 Å². The van der Waals surface area contributed by atoms with Crippen LogP contribution >= 0.6 is 34.3 Å². The van der Waals surface area contributed by atoms with Gasteiger partial charge in [-0.3, -0.25) is 0 Å². The van der Waals surface area contributed by atoms with E-state index in [1.165, 1.54) is 22.7 Å². The lowest BCUT2D eigenvalue weighted by Crippen LogP contribution is -2.02. The first-order chi connectivity index (χ1) is 8.06. The average Bonchev–Trinajstić information content (AvgIpc) is 2.83. The molecule has 2 N–H and O–H groups in total. The van der Waals surface area contributed by atoms with Gasteiger partial charge in [0.15, 0.2) is 0 Å². The summed E-state index contributed by atoms with van der Waals surface area (Å²) in [4.78, 5) is 14.1. The lowest BCUT2D eigenvalue weighted by Gasteiger charge is -2.00. The number of anilines is 1. The molecule has 17 heavy (non-hydrogen) atoms. The number of nitrogen functional groups attached to an aromatic ring is 1. The highest BCUT2D eigenvalue weighted by Crippen LogP contribution is 2.25. The average molecular weight is 288 g/mol. The van der Waals surface area contributed by atoms with Crippen LogP contribution in [-0.2, 0) is 11.3 Å². The fourth-order valence-electron chi connectivity index (χ4n) is 1.23. The molecular formula is C11H10ClNO2S2. The molecule has 0 unspecified atom stereocenters. The first-order valence-electron chi connectivity index (χ1n) is 4.83. The topological polar surface area (TPSA) is 52.3 Å². The van der Waals surface area contributed by atoms with Crippen LogP contribution < -0.4 is 5.73 Å². The van der Waals surface area contributed by atoms with Crippen molar-refractivity contribution in [3.8, 4) is 0 Å². The van der Waals surface area contributed by atoms with Crippen molar-refractivity contribution in [2.75, 3.05) is 5.73 Å². The van der Waals surface area contributed by atoms with E-state index in [1.807, 2.05) is 13.0 Å². The van der Waals surface area contributed by atoms with Crippen LogP contribution in [-0.4, -0.2) is 5.97 Å². The number of aryl methyl sites for hydroxylation is 1. The Labute approximate surface area is 112 Å². The van der Waals surface area contributed by atoms with Crippen molar-refractivity contribution in [2.24, 2.45) is 0 Å². The monoisotopic (exact) mass is 287 g/mol. The van der Waals surface area contributed by atoms with Gasteiger partial charge in [0, 0.05) is 15.4 Å². The Morgan fingerprint density at radius 1 is 1.47 bits per heavy atom. The normalized spacial score (nSPS) is 10.5. The lowest BCUT2D eigenvalue weighted by atomic mass is 10.4. The minimum atomic E-state index is -0.348. The van der Waals surface area contributed by atoms with E-state index in [2.05, 4.69) is 0 Å². The Morgan fingerprint density at radius 3 is 2.76 bits per heavy atom. The van der Waals surface area contributed by atoms with Crippen LogP contribution in [0.5, 0.6) is 0 Å². The van der Waals surface area contributed by atoms with Crippen LogP contribution in [0.25, 0.3) is 0 Å². The molecule has 6 heteroatoms. The molecule has 2 rings (SSSR count). The van der Waals surface area contributed by atoms with E-state index >= 15 is 0 Å². The Balaban J connectivity index is 1.98. The molecule has 0 amide bonds. The van der Waals surface area contributed by atoms with Crippen LogP contribution in [0.2, 0.25) is 4.34 Å². The van der Waals surface area contributed by atoms with Crippen LogP contribution in [0, 0.1) is 6.92 Å². The summed E-state index contributed by atoms with van der Waals surface area (Å²) < 4.78 is 5.85. The molecule has 0 aliphatic carbocycles. The highest BCUT2D eigenvalue weighted by Gasteiger charge is 2.12. The second-order valence-corrected chi connectivity index (χ2v) is 6.46. The van der Waals surface area contributed by atoms with Gasteiger partial charge in [-0.1, -0.05) is 11.6 Å². The Morgan fingerprint density at radius 2 is 2.24 bits per heavy atom. The SMILES string of the molecule is Cc1sc(C(=O)OCc2ccc(Cl)s2)cc1N. The molecule has 2 aromatic rings. The number of ether oxygens (including phenoxy) is 1. The molecule has 0 aliphatic heterocycles. The van der Waals surface area contributed by atoms with E-state index in [1.54, 1.807) is 12.1 Å². The molecule has 90 valence electrons. The predicted octanol–water partition coefficient (Wildman–Crippen LogP) is 3.71. The number of hydrogen-bond donors (Lipinski definition) is 1. The van der Waals surface area contributed by atoms with E-state index in [0.717, 1.165) is 9.75 Å². The standard InChI is InChI=1S/C11H10ClNO2S2/c1-6-8(13)4-9(16-6)11(14)15-5-7-2-3-10(12)17-7/h2-4H,5,13H2,1H3. The van der Waals surface area contributed by atoms with Gasteiger partial charge in [-0.05, 0) is 25.1 Å². The number of carbonyl (C=O) groups is 1. The summed E-state index contributed by atoms with van der Waals surface area (Å²) in [6, 6.07) is 5.26. The first kappa shape index (κ1) is 12.4. The summed E-state index contributed by atoms with van der Waals surface area (Å²) in [6.07, 6.45) is 0. The van der Waals surface area contributed by atoms with Crippen molar-refractivity contribution in [3.63, 3.8) is 0 Å². The van der Waals surface area contributed by atoms with E-state index in [0.29, 0.717) is 14.9 Å². The van der Waals surface area contributed by atoms with Crippen molar-refractivity contribution in [1.82, 2.24) is 0 Å². The largest absolute Gasteiger partial charge is 0.456 e. The van der Waals surface area contributed by atoms with E-state index < -0.39 is 0 Å². The number of hydrogen-bond acceptors (Lipinski definition) is 5. The maximum atomic E-state index is 11.7. The summed E-state index contributed by atoms with van der Waals surface area (Å²) in [5.74, 6) is -0.348. The molecule has 2 aromatic heterocycles. The van der Waals surface area contributed by atoms with Crippen molar-refractivity contribution in [1.29, 1.82) is 0 Å². The van der Waals surface area contributed by atoms with Gasteiger partial charge in [-0.25, -0.2) is 4.79 Å².